The minimum absolute atomic E-state index is 0.121. The number of amides is 2. The molecule has 0 bridgehead atoms. The van der Waals surface area contributed by atoms with Gasteiger partial charge < -0.3 is 9.47 Å². The molecule has 0 aliphatic carbocycles. The summed E-state index contributed by atoms with van der Waals surface area (Å²) in [5.74, 6) is 4.36. The summed E-state index contributed by atoms with van der Waals surface area (Å²) < 4.78 is 9.93. The number of para-hydroxylation sites is 2. The predicted molar refractivity (Wildman–Crippen MR) is 112 cm³/mol. The molecule has 0 radical (unpaired) electrons. The maximum atomic E-state index is 12.1. The van der Waals surface area contributed by atoms with Crippen molar-refractivity contribution in [1.29, 1.82) is 0 Å². The number of carbonyl (C=O) groups excluding carboxylic acids is 2. The van der Waals surface area contributed by atoms with Gasteiger partial charge in [0.25, 0.3) is 11.4 Å². The van der Waals surface area contributed by atoms with E-state index < -0.39 is 33.9 Å². The molecular formula is C20H22N4O8. The third-order valence-electron chi connectivity index (χ3n) is 4.64. The summed E-state index contributed by atoms with van der Waals surface area (Å²) in [6, 6.07) is 12.0. The molecule has 0 aromatic heterocycles. The molecule has 2 amide bonds. The van der Waals surface area contributed by atoms with E-state index in [1.54, 1.807) is 26.0 Å². The molecule has 2 unspecified atom stereocenters. The van der Waals surface area contributed by atoms with Crippen LogP contribution in [0.2, 0.25) is 0 Å². The molecule has 2 N–H and O–H groups in total. The third kappa shape index (κ3) is 5.98. The van der Waals surface area contributed by atoms with E-state index in [9.17, 15) is 29.8 Å². The number of hydrazine groups is 1. The van der Waals surface area contributed by atoms with Crippen LogP contribution in [0.4, 0.5) is 21.0 Å². The van der Waals surface area contributed by atoms with Gasteiger partial charge in [0.1, 0.15) is 13.2 Å². The van der Waals surface area contributed by atoms with Crippen molar-refractivity contribution in [2.45, 2.75) is 25.7 Å². The lowest BCUT2D eigenvalue weighted by atomic mass is 10.0. The van der Waals surface area contributed by atoms with Gasteiger partial charge in [0, 0.05) is 35.1 Å². The Hall–Kier alpha value is -4.06. The molecule has 0 spiro atoms. The van der Waals surface area contributed by atoms with Crippen LogP contribution >= 0.6 is 0 Å². The van der Waals surface area contributed by atoms with Crippen LogP contribution in [0.3, 0.4) is 0 Å². The average Bonchev–Trinajstić information content (AvgIpc) is 2.79. The van der Waals surface area contributed by atoms with Gasteiger partial charge in [0.2, 0.25) is 0 Å². The number of carbonyl (C=O) groups is 2. The number of hydrogen-bond acceptors (Lipinski definition) is 9. The van der Waals surface area contributed by atoms with E-state index in [2.05, 4.69) is 0 Å². The zero-order chi connectivity index (χ0) is 23.8. The van der Waals surface area contributed by atoms with Gasteiger partial charge in [-0.15, -0.1) is 5.01 Å². The second-order valence-corrected chi connectivity index (χ2v) is 6.96. The van der Waals surface area contributed by atoms with Crippen molar-refractivity contribution in [2.75, 3.05) is 13.2 Å². The number of ether oxygens (including phenoxy) is 2. The van der Waals surface area contributed by atoms with E-state index in [1.165, 1.54) is 36.4 Å². The molecule has 2 aromatic rings. The van der Waals surface area contributed by atoms with Crippen molar-refractivity contribution in [3.63, 3.8) is 0 Å². The van der Waals surface area contributed by atoms with Crippen LogP contribution in [0, 0.1) is 20.2 Å². The van der Waals surface area contributed by atoms with E-state index in [1.807, 2.05) is 0 Å². The largest absolute Gasteiger partial charge is 0.447 e. The molecular weight excluding hydrogens is 424 g/mol. The summed E-state index contributed by atoms with van der Waals surface area (Å²) in [5.41, 5.74) is 0.470. The first kappa shape index (κ1) is 24.2. The van der Waals surface area contributed by atoms with Crippen molar-refractivity contribution in [1.82, 2.24) is 5.01 Å². The first-order valence-corrected chi connectivity index (χ1v) is 9.48. The standard InChI is InChI=1S/C20H22N4O8/c1-13(15-7-3-5-9-17(15)23(27)28)11-31-19(25)22(21)20(26)32-12-14(2)16-8-4-6-10-18(16)24(29)30/h3-10,13-14H,11-12,21H2,1-2H3. The summed E-state index contributed by atoms with van der Waals surface area (Å²) in [6.07, 6.45) is -2.42. The van der Waals surface area contributed by atoms with E-state index >= 15 is 0 Å². The highest BCUT2D eigenvalue weighted by Crippen LogP contribution is 2.27. The van der Waals surface area contributed by atoms with Gasteiger partial charge in [-0.1, -0.05) is 50.2 Å². The Morgan fingerprint density at radius 3 is 1.53 bits per heavy atom. The fourth-order valence-electron chi connectivity index (χ4n) is 2.93. The summed E-state index contributed by atoms with van der Waals surface area (Å²) in [5, 5.41) is 22.4. The molecule has 0 fully saturated rings. The number of nitrogens with two attached hydrogens (primary N) is 1. The number of nitro groups is 2. The van der Waals surface area contributed by atoms with Crippen LogP contribution < -0.4 is 5.84 Å². The Labute approximate surface area is 182 Å². The van der Waals surface area contributed by atoms with Gasteiger partial charge in [-0.05, 0) is 0 Å². The number of nitrogens with zero attached hydrogens (tertiary/aromatic N) is 3. The van der Waals surface area contributed by atoms with Crippen molar-refractivity contribution >= 4 is 23.6 Å². The van der Waals surface area contributed by atoms with Crippen LogP contribution in [-0.4, -0.2) is 40.3 Å². The molecule has 12 nitrogen and oxygen atoms in total. The van der Waals surface area contributed by atoms with Crippen molar-refractivity contribution in [2.24, 2.45) is 5.84 Å². The van der Waals surface area contributed by atoms with Gasteiger partial charge >= 0.3 is 12.2 Å². The SMILES string of the molecule is CC(COC(=O)N(N)C(=O)OCC(C)c1ccccc1[N+](=O)[O-])c1ccccc1[N+](=O)[O-]. The molecule has 0 aliphatic heterocycles. The number of benzene rings is 2. The maximum Gasteiger partial charge on any atom is 0.434 e. The van der Waals surface area contributed by atoms with Crippen LogP contribution in [0.25, 0.3) is 0 Å². The molecule has 2 rings (SSSR count). The molecule has 12 heteroatoms. The Bertz CT molecular complexity index is 933. The van der Waals surface area contributed by atoms with Crippen LogP contribution in [0.15, 0.2) is 48.5 Å². The quantitative estimate of drug-likeness (QED) is 0.274. The molecule has 2 atom stereocenters. The second kappa shape index (κ2) is 10.8. The molecule has 0 heterocycles. The Morgan fingerprint density at radius 1 is 0.844 bits per heavy atom. The lowest BCUT2D eigenvalue weighted by molar-refractivity contribution is -0.385. The number of hydrogen-bond donors (Lipinski definition) is 1. The molecule has 0 saturated heterocycles. The van der Waals surface area contributed by atoms with Crippen molar-refractivity contribution in [3.05, 3.63) is 79.9 Å². The predicted octanol–water partition coefficient (Wildman–Crippen LogP) is 3.86. The van der Waals surface area contributed by atoms with Crippen molar-refractivity contribution < 1.29 is 28.9 Å². The monoisotopic (exact) mass is 446 g/mol. The normalized spacial score (nSPS) is 12.3. The summed E-state index contributed by atoms with van der Waals surface area (Å²) >= 11 is 0. The third-order valence-corrected chi connectivity index (χ3v) is 4.64. The van der Waals surface area contributed by atoms with Gasteiger partial charge in [-0.3, -0.25) is 20.2 Å². The zero-order valence-corrected chi connectivity index (χ0v) is 17.4. The zero-order valence-electron chi connectivity index (χ0n) is 17.4. The van der Waals surface area contributed by atoms with Crippen LogP contribution in [-0.2, 0) is 9.47 Å². The lowest BCUT2D eigenvalue weighted by Crippen LogP contribution is -2.44. The molecule has 0 saturated carbocycles. The highest BCUT2D eigenvalue weighted by atomic mass is 16.6. The van der Waals surface area contributed by atoms with E-state index in [0.717, 1.165) is 0 Å². The van der Waals surface area contributed by atoms with E-state index in [-0.39, 0.29) is 29.6 Å². The summed E-state index contributed by atoms with van der Waals surface area (Å²) in [6.45, 7) is 2.70. The van der Waals surface area contributed by atoms with Gasteiger partial charge in [0.05, 0.1) is 9.85 Å². The Morgan fingerprint density at radius 2 is 1.19 bits per heavy atom. The van der Waals surface area contributed by atoms with Crippen molar-refractivity contribution in [3.8, 4) is 0 Å². The number of rotatable bonds is 8. The Kier molecular flexibility index (Phi) is 8.18. The second-order valence-electron chi connectivity index (χ2n) is 6.96. The summed E-state index contributed by atoms with van der Waals surface area (Å²) in [7, 11) is 0. The fourth-order valence-corrected chi connectivity index (χ4v) is 2.93. The first-order valence-electron chi connectivity index (χ1n) is 9.48. The molecule has 170 valence electrons. The number of imide groups is 1. The highest BCUT2D eigenvalue weighted by molar-refractivity contribution is 5.86. The van der Waals surface area contributed by atoms with Gasteiger partial charge in [-0.25, -0.2) is 15.4 Å². The smallest absolute Gasteiger partial charge is 0.434 e. The maximum absolute atomic E-state index is 12.1. The minimum Gasteiger partial charge on any atom is -0.447 e. The lowest BCUT2D eigenvalue weighted by Gasteiger charge is -2.18. The fraction of sp³-hybridized carbons (Fsp3) is 0.300. The van der Waals surface area contributed by atoms with E-state index in [0.29, 0.717) is 11.1 Å². The van der Waals surface area contributed by atoms with E-state index in [4.69, 9.17) is 15.3 Å². The van der Waals surface area contributed by atoms with Gasteiger partial charge in [-0.2, -0.15) is 0 Å². The summed E-state index contributed by atoms with van der Waals surface area (Å²) in [4.78, 5) is 45.3. The average molecular weight is 446 g/mol. The Balaban J connectivity index is 1.91. The topological polar surface area (TPSA) is 168 Å². The minimum atomic E-state index is -1.21. The first-order chi connectivity index (χ1) is 15.1. The number of nitro benzene ring substituents is 2. The molecule has 0 aliphatic rings. The highest BCUT2D eigenvalue weighted by Gasteiger charge is 2.26. The van der Waals surface area contributed by atoms with Crippen LogP contribution in [0.1, 0.15) is 36.8 Å². The van der Waals surface area contributed by atoms with Gasteiger partial charge in [0.15, 0.2) is 0 Å². The van der Waals surface area contributed by atoms with Crippen LogP contribution in [0.5, 0.6) is 0 Å². The molecule has 32 heavy (non-hydrogen) atoms. The molecule has 2 aromatic carbocycles.